The third kappa shape index (κ3) is 3.77. The highest BCUT2D eigenvalue weighted by atomic mass is 32.2. The summed E-state index contributed by atoms with van der Waals surface area (Å²) < 4.78 is 91.3. The lowest BCUT2D eigenvalue weighted by molar-refractivity contribution is -0.141. The molecular weight excluding hydrogens is 403 g/mol. The number of hydrogen-bond donors (Lipinski definition) is 0. The van der Waals surface area contributed by atoms with E-state index in [0.717, 1.165) is 29.1 Å². The van der Waals surface area contributed by atoms with Crippen molar-refractivity contribution >= 4 is 9.84 Å². The van der Waals surface area contributed by atoms with Crippen molar-refractivity contribution in [3.05, 3.63) is 65.4 Å². The van der Waals surface area contributed by atoms with Crippen LogP contribution in [-0.2, 0) is 16.0 Å². The molecule has 0 radical (unpaired) electrons. The summed E-state index contributed by atoms with van der Waals surface area (Å²) in [4.78, 5) is -0.573. The normalized spacial score (nSPS) is 12.4. The Morgan fingerprint density at radius 1 is 0.964 bits per heavy atom. The van der Waals surface area contributed by atoms with Gasteiger partial charge in [-0.05, 0) is 48.9 Å². The van der Waals surface area contributed by atoms with Crippen LogP contribution in [0.5, 0.6) is 0 Å². The van der Waals surface area contributed by atoms with E-state index in [9.17, 15) is 30.4 Å². The molecule has 1 heterocycles. The van der Waals surface area contributed by atoms with Crippen molar-refractivity contribution in [2.75, 3.05) is 6.26 Å². The zero-order chi connectivity index (χ0) is 20.9. The molecule has 0 aliphatic heterocycles. The van der Waals surface area contributed by atoms with Crippen LogP contribution in [0.25, 0.3) is 16.9 Å². The summed E-state index contributed by atoms with van der Waals surface area (Å²) in [6, 6.07) is 7.31. The molecule has 0 N–H and O–H groups in total. The number of benzene rings is 2. The average molecular weight is 416 g/mol. The average Bonchev–Trinajstić information content (AvgIpc) is 3.01. The largest absolute Gasteiger partial charge is 0.435 e. The van der Waals surface area contributed by atoms with Gasteiger partial charge in [-0.1, -0.05) is 6.07 Å². The smallest absolute Gasteiger partial charge is 0.232 e. The van der Waals surface area contributed by atoms with Crippen LogP contribution in [0.1, 0.15) is 11.3 Å². The summed E-state index contributed by atoms with van der Waals surface area (Å²) in [5.74, 6) is -1.64. The van der Waals surface area contributed by atoms with Crippen LogP contribution in [0.15, 0.2) is 47.4 Å². The number of sulfone groups is 1. The van der Waals surface area contributed by atoms with Gasteiger partial charge in [0.05, 0.1) is 11.4 Å². The first-order valence-electron chi connectivity index (χ1n) is 7.81. The van der Waals surface area contributed by atoms with E-state index in [1.165, 1.54) is 25.1 Å². The molecule has 0 saturated heterocycles. The van der Waals surface area contributed by atoms with Gasteiger partial charge in [0, 0.05) is 11.8 Å². The lowest BCUT2D eigenvalue weighted by Gasteiger charge is -2.10. The predicted octanol–water partition coefficient (Wildman–Crippen LogP) is 4.55. The summed E-state index contributed by atoms with van der Waals surface area (Å²) >= 11 is 0. The topological polar surface area (TPSA) is 52.0 Å². The highest BCUT2D eigenvalue weighted by Gasteiger charge is 2.35. The van der Waals surface area contributed by atoms with Crippen molar-refractivity contribution in [3.63, 3.8) is 0 Å². The van der Waals surface area contributed by atoms with Crippen LogP contribution in [0.4, 0.5) is 22.0 Å². The van der Waals surface area contributed by atoms with E-state index >= 15 is 0 Å². The lowest BCUT2D eigenvalue weighted by atomic mass is 10.1. The molecule has 4 nitrogen and oxygen atoms in total. The molecule has 0 amide bonds. The standard InChI is InChI=1S/C18H13F5N2O2S/c1-10-7-12(4-5-13(10)19)25-15(9-17(24-25)18(21,22)23)11-3-6-16(14(20)8-11)28(2,26)27/h3-9H,1-2H3. The zero-order valence-corrected chi connectivity index (χ0v) is 15.4. The minimum Gasteiger partial charge on any atom is -0.232 e. The van der Waals surface area contributed by atoms with Gasteiger partial charge in [-0.25, -0.2) is 21.9 Å². The third-order valence-corrected chi connectivity index (χ3v) is 5.14. The summed E-state index contributed by atoms with van der Waals surface area (Å²) in [5.41, 5.74) is -1.05. The fraction of sp³-hybridized carbons (Fsp3) is 0.167. The summed E-state index contributed by atoms with van der Waals surface area (Å²) in [5, 5.41) is 3.53. The monoisotopic (exact) mass is 416 g/mol. The van der Waals surface area contributed by atoms with Gasteiger partial charge >= 0.3 is 6.18 Å². The molecule has 0 unspecified atom stereocenters. The number of alkyl halides is 3. The Labute approximate surface area is 157 Å². The highest BCUT2D eigenvalue weighted by Crippen LogP contribution is 2.34. The fourth-order valence-electron chi connectivity index (χ4n) is 2.64. The maximum Gasteiger partial charge on any atom is 0.435 e. The molecule has 10 heteroatoms. The fourth-order valence-corrected chi connectivity index (χ4v) is 3.37. The van der Waals surface area contributed by atoms with E-state index in [-0.39, 0.29) is 22.5 Å². The van der Waals surface area contributed by atoms with Gasteiger partial charge < -0.3 is 0 Å². The SMILES string of the molecule is Cc1cc(-n2nc(C(F)(F)F)cc2-c2ccc(S(C)(=O)=O)c(F)c2)ccc1F. The Morgan fingerprint density at radius 2 is 1.64 bits per heavy atom. The van der Waals surface area contributed by atoms with Gasteiger partial charge in [0.15, 0.2) is 15.5 Å². The van der Waals surface area contributed by atoms with Crippen LogP contribution in [0, 0.1) is 18.6 Å². The van der Waals surface area contributed by atoms with Crippen molar-refractivity contribution in [2.45, 2.75) is 18.0 Å². The third-order valence-electron chi connectivity index (χ3n) is 4.01. The summed E-state index contributed by atoms with van der Waals surface area (Å²) in [6.07, 6.45) is -3.95. The van der Waals surface area contributed by atoms with Crippen LogP contribution in [0.3, 0.4) is 0 Å². The van der Waals surface area contributed by atoms with Gasteiger partial charge in [-0.2, -0.15) is 18.3 Å². The lowest BCUT2D eigenvalue weighted by Crippen LogP contribution is -2.07. The Balaban J connectivity index is 2.24. The zero-order valence-electron chi connectivity index (χ0n) is 14.6. The van der Waals surface area contributed by atoms with Crippen LogP contribution in [0.2, 0.25) is 0 Å². The molecule has 0 spiro atoms. The van der Waals surface area contributed by atoms with E-state index in [2.05, 4.69) is 5.10 Å². The Bertz CT molecular complexity index is 1170. The molecule has 0 aliphatic rings. The Kier molecular flexibility index (Phi) is 4.78. The summed E-state index contributed by atoms with van der Waals surface area (Å²) in [6.45, 7) is 1.44. The number of aryl methyl sites for hydroxylation is 1. The molecule has 0 atom stereocenters. The predicted molar refractivity (Wildman–Crippen MR) is 91.8 cm³/mol. The second-order valence-electron chi connectivity index (χ2n) is 6.18. The first kappa shape index (κ1) is 20.0. The first-order chi connectivity index (χ1) is 12.9. The van der Waals surface area contributed by atoms with Gasteiger partial charge in [0.2, 0.25) is 0 Å². The number of halogens is 5. The number of aromatic nitrogens is 2. The molecule has 148 valence electrons. The first-order valence-corrected chi connectivity index (χ1v) is 9.71. The van der Waals surface area contributed by atoms with E-state index in [1.54, 1.807) is 0 Å². The van der Waals surface area contributed by atoms with Gasteiger partial charge in [-0.3, -0.25) is 0 Å². The van der Waals surface area contributed by atoms with Crippen molar-refractivity contribution in [2.24, 2.45) is 0 Å². The molecule has 0 saturated carbocycles. The van der Waals surface area contributed by atoms with Crippen LogP contribution >= 0.6 is 0 Å². The molecule has 3 aromatic rings. The minimum absolute atomic E-state index is 0.0186. The van der Waals surface area contributed by atoms with Crippen molar-refractivity contribution < 1.29 is 30.4 Å². The van der Waals surface area contributed by atoms with Crippen molar-refractivity contribution in [1.82, 2.24) is 9.78 Å². The van der Waals surface area contributed by atoms with Gasteiger partial charge in [-0.15, -0.1) is 0 Å². The molecule has 3 rings (SSSR count). The van der Waals surface area contributed by atoms with Crippen molar-refractivity contribution in [1.29, 1.82) is 0 Å². The Hall–Kier alpha value is -2.75. The maximum atomic E-state index is 14.2. The van der Waals surface area contributed by atoms with E-state index < -0.39 is 38.2 Å². The number of nitrogens with zero attached hydrogens (tertiary/aromatic N) is 2. The van der Waals surface area contributed by atoms with E-state index in [0.29, 0.717) is 6.07 Å². The van der Waals surface area contributed by atoms with Crippen LogP contribution in [-0.4, -0.2) is 24.5 Å². The quantitative estimate of drug-likeness (QED) is 0.589. The maximum absolute atomic E-state index is 14.2. The summed E-state index contributed by atoms with van der Waals surface area (Å²) in [7, 11) is -3.84. The number of hydrogen-bond acceptors (Lipinski definition) is 3. The van der Waals surface area contributed by atoms with Gasteiger partial charge in [0.25, 0.3) is 0 Å². The van der Waals surface area contributed by atoms with E-state index in [1.807, 2.05) is 0 Å². The van der Waals surface area contributed by atoms with Gasteiger partial charge in [0.1, 0.15) is 16.5 Å². The Morgan fingerprint density at radius 3 is 2.18 bits per heavy atom. The minimum atomic E-state index is -4.76. The molecule has 0 fully saturated rings. The second-order valence-corrected chi connectivity index (χ2v) is 8.16. The molecule has 0 aliphatic carbocycles. The molecule has 28 heavy (non-hydrogen) atoms. The van der Waals surface area contributed by atoms with E-state index in [4.69, 9.17) is 0 Å². The molecule has 0 bridgehead atoms. The molecular formula is C18H13F5N2O2S. The number of rotatable bonds is 3. The highest BCUT2D eigenvalue weighted by molar-refractivity contribution is 7.90. The molecule has 2 aromatic carbocycles. The van der Waals surface area contributed by atoms with Crippen LogP contribution < -0.4 is 0 Å². The molecule has 1 aromatic heterocycles. The second kappa shape index (κ2) is 6.69. The van der Waals surface area contributed by atoms with Crippen molar-refractivity contribution in [3.8, 4) is 16.9 Å².